The lowest BCUT2D eigenvalue weighted by atomic mass is 10.1. The average molecular weight is 628 g/mol. The van der Waals surface area contributed by atoms with E-state index in [1.165, 1.54) is 18.0 Å². The van der Waals surface area contributed by atoms with E-state index in [-0.39, 0.29) is 25.5 Å². The first-order chi connectivity index (χ1) is 20.6. The fraction of sp³-hybridized carbons (Fsp3) is 0.250. The molecule has 5 heterocycles. The summed E-state index contributed by atoms with van der Waals surface area (Å²) in [5, 5.41) is 11.2. The molecule has 0 saturated carbocycles. The van der Waals surface area contributed by atoms with Crippen molar-refractivity contribution >= 4 is 62.4 Å². The van der Waals surface area contributed by atoms with Crippen LogP contribution in [0.2, 0.25) is 5.02 Å². The number of thioether (sulfide) groups is 1. The van der Waals surface area contributed by atoms with Crippen molar-refractivity contribution in [1.82, 2.24) is 25.1 Å². The van der Waals surface area contributed by atoms with Crippen molar-refractivity contribution in [3.05, 3.63) is 77.1 Å². The lowest BCUT2D eigenvalue weighted by Crippen LogP contribution is -2.60. The van der Waals surface area contributed by atoms with Gasteiger partial charge in [0.15, 0.2) is 5.82 Å². The lowest BCUT2D eigenvalue weighted by Gasteiger charge is -2.34. The number of nitrogens with one attached hydrogen (secondary N) is 1. The van der Waals surface area contributed by atoms with Crippen LogP contribution in [0.5, 0.6) is 5.75 Å². The summed E-state index contributed by atoms with van der Waals surface area (Å²) in [4.78, 5) is 35.2. The van der Waals surface area contributed by atoms with Gasteiger partial charge in [-0.3, -0.25) is 9.78 Å². The Bertz CT molecular complexity index is 1850. The molecule has 0 bridgehead atoms. The van der Waals surface area contributed by atoms with Gasteiger partial charge in [-0.15, -0.1) is 22.0 Å². The zero-order chi connectivity index (χ0) is 30.0. The van der Waals surface area contributed by atoms with E-state index in [2.05, 4.69) is 20.5 Å². The van der Waals surface area contributed by atoms with Gasteiger partial charge in [-0.25, -0.2) is 9.69 Å². The number of aromatic nitrogens is 4. The van der Waals surface area contributed by atoms with E-state index < -0.39 is 35.2 Å². The molecule has 43 heavy (non-hydrogen) atoms. The van der Waals surface area contributed by atoms with Gasteiger partial charge in [-0.1, -0.05) is 17.7 Å². The summed E-state index contributed by atoms with van der Waals surface area (Å²) in [6.07, 6.45) is 0.309. The summed E-state index contributed by atoms with van der Waals surface area (Å²) in [6.45, 7) is 0.447. The van der Waals surface area contributed by atoms with Crippen LogP contribution in [-0.4, -0.2) is 56.6 Å². The summed E-state index contributed by atoms with van der Waals surface area (Å²) >= 11 is 7.76. The number of nitrogens with zero attached hydrogens (tertiary/aromatic N) is 6. The Morgan fingerprint density at radius 2 is 1.93 bits per heavy atom. The molecular weight excluding hydrogens is 607 g/mol. The normalized spacial score (nSPS) is 20.2. The van der Waals surface area contributed by atoms with Gasteiger partial charge in [0.25, 0.3) is 5.91 Å². The summed E-state index contributed by atoms with van der Waals surface area (Å²) in [5.74, 6) is -0.615. The highest BCUT2D eigenvalue weighted by Gasteiger charge is 2.46. The number of benzene rings is 2. The van der Waals surface area contributed by atoms with Crippen LogP contribution in [-0.2, 0) is 24.1 Å². The minimum atomic E-state index is -4.59. The molecule has 1 saturated heterocycles. The molecule has 4 aromatic rings. The molecule has 1 fully saturated rings. The fourth-order valence-corrected chi connectivity index (χ4v) is 7.13. The van der Waals surface area contributed by atoms with Crippen LogP contribution in [0.25, 0.3) is 15.7 Å². The molecule has 0 spiro atoms. The maximum Gasteiger partial charge on any atom is 0.451 e. The molecule has 15 heteroatoms. The summed E-state index contributed by atoms with van der Waals surface area (Å²) in [7, 11) is 1.55. The van der Waals surface area contributed by atoms with Crippen molar-refractivity contribution in [2.75, 3.05) is 23.5 Å². The van der Waals surface area contributed by atoms with Crippen molar-refractivity contribution in [3.8, 4) is 5.75 Å². The number of rotatable bonds is 4. The third-order valence-corrected chi connectivity index (χ3v) is 9.33. The molecule has 3 aliphatic rings. The fourth-order valence-electron chi connectivity index (χ4n) is 5.56. The summed E-state index contributed by atoms with van der Waals surface area (Å²) < 4.78 is 46.3. The Balaban J connectivity index is 1.19. The van der Waals surface area contributed by atoms with Gasteiger partial charge in [0, 0.05) is 51.2 Å². The number of halogens is 4. The molecule has 2 atom stereocenters. The molecule has 2 unspecified atom stereocenters. The van der Waals surface area contributed by atoms with Gasteiger partial charge in [-0.05, 0) is 36.4 Å². The zero-order valence-electron chi connectivity index (χ0n) is 22.3. The zero-order valence-corrected chi connectivity index (χ0v) is 23.9. The van der Waals surface area contributed by atoms with Gasteiger partial charge in [0.05, 0.1) is 31.6 Å². The maximum atomic E-state index is 13.9. The van der Waals surface area contributed by atoms with Gasteiger partial charge in [0.1, 0.15) is 11.0 Å². The van der Waals surface area contributed by atoms with E-state index in [9.17, 15) is 22.8 Å². The number of hydrogen-bond donors (Lipinski definition) is 1. The van der Waals surface area contributed by atoms with Crippen LogP contribution in [0.3, 0.4) is 0 Å². The molecule has 0 aliphatic carbocycles. The summed E-state index contributed by atoms with van der Waals surface area (Å²) in [5.41, 5.74) is 1.69. The van der Waals surface area contributed by atoms with Crippen molar-refractivity contribution < 1.29 is 27.5 Å². The number of carbonyl (C=O) groups is 2. The number of ether oxygens (including phenoxy) is 1. The van der Waals surface area contributed by atoms with Crippen LogP contribution in [0.1, 0.15) is 17.2 Å². The van der Waals surface area contributed by atoms with E-state index >= 15 is 0 Å². The van der Waals surface area contributed by atoms with E-state index in [1.54, 1.807) is 43.6 Å². The molecule has 2 aromatic carbocycles. The first kappa shape index (κ1) is 27.5. The topological polar surface area (TPSA) is 105 Å². The number of alkyl halides is 3. The minimum Gasteiger partial charge on any atom is -0.497 e. The Morgan fingerprint density at radius 3 is 2.72 bits per heavy atom. The number of urea groups is 1. The smallest absolute Gasteiger partial charge is 0.451 e. The quantitative estimate of drug-likeness (QED) is 0.333. The number of amides is 3. The van der Waals surface area contributed by atoms with Gasteiger partial charge >= 0.3 is 12.2 Å². The highest BCUT2D eigenvalue weighted by Crippen LogP contribution is 2.45. The van der Waals surface area contributed by atoms with Crippen molar-refractivity contribution in [2.24, 2.45) is 0 Å². The van der Waals surface area contributed by atoms with Crippen LogP contribution >= 0.6 is 23.4 Å². The lowest BCUT2D eigenvalue weighted by molar-refractivity contribution is -0.147. The van der Waals surface area contributed by atoms with Crippen LogP contribution in [0.15, 0.2) is 54.9 Å². The number of pyridine rings is 1. The number of hydrogen-bond acceptors (Lipinski definition) is 8. The predicted molar refractivity (Wildman–Crippen MR) is 155 cm³/mol. The predicted octanol–water partition coefficient (Wildman–Crippen LogP) is 5.11. The number of methoxy groups -OCH3 is 1. The van der Waals surface area contributed by atoms with Gasteiger partial charge in [-0.2, -0.15) is 13.2 Å². The maximum absolute atomic E-state index is 13.9. The Hall–Kier alpha value is -4.30. The largest absolute Gasteiger partial charge is 0.497 e. The van der Waals surface area contributed by atoms with E-state index in [0.717, 1.165) is 14.4 Å². The average Bonchev–Trinajstić information content (AvgIpc) is 3.62. The highest BCUT2D eigenvalue weighted by molar-refractivity contribution is 8.09. The number of fused-ring (bicyclic) bond motifs is 3. The monoisotopic (exact) mass is 627 g/mol. The summed E-state index contributed by atoms with van der Waals surface area (Å²) in [6, 6.07) is 9.53. The number of anilines is 2. The highest BCUT2D eigenvalue weighted by atomic mass is 35.5. The molecule has 2 aromatic heterocycles. The van der Waals surface area contributed by atoms with Crippen LogP contribution in [0, 0.1) is 0 Å². The van der Waals surface area contributed by atoms with Gasteiger partial charge in [0.2, 0.25) is 5.82 Å². The van der Waals surface area contributed by atoms with Crippen molar-refractivity contribution in [3.63, 3.8) is 0 Å². The second kappa shape index (κ2) is 10.2. The Kier molecular flexibility index (Phi) is 6.50. The van der Waals surface area contributed by atoms with Crippen molar-refractivity contribution in [1.29, 1.82) is 0 Å². The molecule has 10 nitrogen and oxygen atoms in total. The van der Waals surface area contributed by atoms with E-state index in [0.29, 0.717) is 38.5 Å². The molecule has 0 radical (unpaired) electrons. The third-order valence-electron chi connectivity index (χ3n) is 7.64. The first-order valence-corrected chi connectivity index (χ1v) is 14.4. The SMILES string of the molecule is COc1ccc(Cl)c(C2=CC3NC(=O)N(c4cncc5ccc(N6CCn7c(nnc7C(F)(F)F)C6)cc45)C(=O)C3S2)c1. The Labute approximate surface area is 251 Å². The third kappa shape index (κ3) is 4.65. The first-order valence-electron chi connectivity index (χ1n) is 13.1. The number of carbonyl (C=O) groups excluding carboxylic acids is 2. The Morgan fingerprint density at radius 1 is 1.09 bits per heavy atom. The van der Waals surface area contributed by atoms with E-state index in [1.807, 2.05) is 17.0 Å². The molecule has 3 amide bonds. The van der Waals surface area contributed by atoms with Crippen LogP contribution in [0.4, 0.5) is 29.3 Å². The van der Waals surface area contributed by atoms with E-state index in [4.69, 9.17) is 16.3 Å². The molecule has 1 N–H and O–H groups in total. The molecule has 3 aliphatic heterocycles. The second-order valence-corrected chi connectivity index (χ2v) is 11.7. The standard InChI is InChI=1S/C28H21ClF3N7O3S/c1-42-16-4-5-19(29)18(9-16)22-10-20-24(43-22)25(40)39(27(41)34-20)21-12-33-11-14-2-3-15(8-17(14)21)37-6-7-38-23(13-37)35-36-26(38)28(30,31)32/h2-5,8-12,20,24H,6-7,13H2,1H3,(H,34,41). The number of imide groups is 1. The molecular formula is C28H21ClF3N7O3S. The van der Waals surface area contributed by atoms with Gasteiger partial charge < -0.3 is 19.5 Å². The minimum absolute atomic E-state index is 0.0539. The molecule has 7 rings (SSSR count). The molecule has 220 valence electrons. The second-order valence-electron chi connectivity index (χ2n) is 10.1. The van der Waals surface area contributed by atoms with Crippen LogP contribution < -0.4 is 19.9 Å². The van der Waals surface area contributed by atoms with Crippen molar-refractivity contribution in [2.45, 2.75) is 30.6 Å².